The van der Waals surface area contributed by atoms with Gasteiger partial charge in [0.05, 0.1) is 4.90 Å². The Morgan fingerprint density at radius 2 is 1.77 bits per heavy atom. The summed E-state index contributed by atoms with van der Waals surface area (Å²) in [5.41, 5.74) is 2.52. The van der Waals surface area contributed by atoms with E-state index in [2.05, 4.69) is 23.5 Å². The molecule has 0 bridgehead atoms. The molecule has 4 nitrogen and oxygen atoms in total. The summed E-state index contributed by atoms with van der Waals surface area (Å²) in [4.78, 5) is 2.71. The molecule has 1 aliphatic carbocycles. The number of rotatable bonds is 8. The first-order valence-corrected chi connectivity index (χ1v) is 9.89. The van der Waals surface area contributed by atoms with Crippen LogP contribution in [0.4, 0.5) is 0 Å². The van der Waals surface area contributed by atoms with Gasteiger partial charge in [-0.15, -0.1) is 0 Å². The van der Waals surface area contributed by atoms with Gasteiger partial charge in [-0.1, -0.05) is 19.9 Å². The maximum Gasteiger partial charge on any atom is 0.240 e. The summed E-state index contributed by atoms with van der Waals surface area (Å²) in [5.74, 6) is 0. The molecule has 0 spiro atoms. The lowest BCUT2D eigenvalue weighted by Crippen LogP contribution is -2.30. The fourth-order valence-electron chi connectivity index (χ4n) is 3.01. The number of sulfonamides is 1. The van der Waals surface area contributed by atoms with Gasteiger partial charge in [0, 0.05) is 6.54 Å². The van der Waals surface area contributed by atoms with Crippen LogP contribution in [-0.4, -0.2) is 39.5 Å². The molecule has 0 amide bonds. The summed E-state index contributed by atoms with van der Waals surface area (Å²) in [7, 11) is -3.37. The molecule has 124 valence electrons. The molecule has 1 N–H and O–H groups in total. The standard InChI is InChI=1S/C17H28N2O2S/c1-3-19(4-2)13-7-12-18-22(20,21)17-11-10-15-8-5-6-9-16(15)14-17/h10-11,14,18H,3-9,12-13H2,1-2H3. The molecule has 1 aromatic rings. The predicted octanol–water partition coefficient (Wildman–Crippen LogP) is 2.58. The number of hydrogen-bond acceptors (Lipinski definition) is 3. The van der Waals surface area contributed by atoms with Crippen LogP contribution in [0.3, 0.4) is 0 Å². The van der Waals surface area contributed by atoms with Crippen molar-refractivity contribution in [2.75, 3.05) is 26.2 Å². The highest BCUT2D eigenvalue weighted by molar-refractivity contribution is 7.89. The molecule has 0 radical (unpaired) electrons. The minimum Gasteiger partial charge on any atom is -0.304 e. The van der Waals surface area contributed by atoms with Gasteiger partial charge < -0.3 is 4.90 Å². The lowest BCUT2D eigenvalue weighted by atomic mass is 9.92. The second kappa shape index (κ2) is 8.09. The Kier molecular flexibility index (Phi) is 6.41. The summed E-state index contributed by atoms with van der Waals surface area (Å²) in [6.07, 6.45) is 5.29. The van der Waals surface area contributed by atoms with E-state index < -0.39 is 10.0 Å². The maximum absolute atomic E-state index is 12.4. The number of benzene rings is 1. The van der Waals surface area contributed by atoms with E-state index in [1.807, 2.05) is 12.1 Å². The van der Waals surface area contributed by atoms with Crippen LogP contribution in [0.2, 0.25) is 0 Å². The van der Waals surface area contributed by atoms with Crippen LogP contribution < -0.4 is 4.72 Å². The normalized spacial score (nSPS) is 15.0. The molecule has 2 rings (SSSR count). The van der Waals surface area contributed by atoms with Gasteiger partial charge in [0.1, 0.15) is 0 Å². The first-order chi connectivity index (χ1) is 10.6. The van der Waals surface area contributed by atoms with E-state index in [0.29, 0.717) is 11.4 Å². The predicted molar refractivity (Wildman–Crippen MR) is 90.7 cm³/mol. The average molecular weight is 324 g/mol. The van der Waals surface area contributed by atoms with Gasteiger partial charge in [-0.05, 0) is 75.0 Å². The number of fused-ring (bicyclic) bond motifs is 1. The molecule has 0 heterocycles. The largest absolute Gasteiger partial charge is 0.304 e. The zero-order valence-electron chi connectivity index (χ0n) is 13.8. The lowest BCUT2D eigenvalue weighted by Gasteiger charge is -2.18. The van der Waals surface area contributed by atoms with Gasteiger partial charge in [-0.25, -0.2) is 13.1 Å². The van der Waals surface area contributed by atoms with Crippen molar-refractivity contribution in [1.82, 2.24) is 9.62 Å². The lowest BCUT2D eigenvalue weighted by molar-refractivity contribution is 0.300. The minimum absolute atomic E-state index is 0.413. The van der Waals surface area contributed by atoms with Crippen molar-refractivity contribution >= 4 is 10.0 Å². The first-order valence-electron chi connectivity index (χ1n) is 8.40. The van der Waals surface area contributed by atoms with Crippen molar-refractivity contribution in [2.24, 2.45) is 0 Å². The zero-order valence-corrected chi connectivity index (χ0v) is 14.6. The van der Waals surface area contributed by atoms with Crippen LogP contribution in [0.15, 0.2) is 23.1 Å². The van der Waals surface area contributed by atoms with Gasteiger partial charge in [-0.3, -0.25) is 0 Å². The smallest absolute Gasteiger partial charge is 0.240 e. The summed E-state index contributed by atoms with van der Waals surface area (Å²) < 4.78 is 27.5. The molecule has 0 aromatic heterocycles. The highest BCUT2D eigenvalue weighted by atomic mass is 32.2. The number of nitrogens with zero attached hydrogens (tertiary/aromatic N) is 1. The van der Waals surface area contributed by atoms with Crippen molar-refractivity contribution in [3.05, 3.63) is 29.3 Å². The number of hydrogen-bond donors (Lipinski definition) is 1. The van der Waals surface area contributed by atoms with Crippen molar-refractivity contribution in [3.8, 4) is 0 Å². The Morgan fingerprint density at radius 3 is 2.45 bits per heavy atom. The summed E-state index contributed by atoms with van der Waals surface area (Å²) in [6.45, 7) is 7.69. The molecule has 0 saturated heterocycles. The highest BCUT2D eigenvalue weighted by Crippen LogP contribution is 2.23. The maximum atomic E-state index is 12.4. The molecule has 1 aromatic carbocycles. The fraction of sp³-hybridized carbons (Fsp3) is 0.647. The molecule has 0 fully saturated rings. The van der Waals surface area contributed by atoms with Crippen molar-refractivity contribution in [2.45, 2.75) is 50.8 Å². The fourth-order valence-corrected chi connectivity index (χ4v) is 4.13. The Hall–Kier alpha value is -0.910. The molecule has 0 saturated carbocycles. The molecule has 0 atom stereocenters. The third-order valence-electron chi connectivity index (χ3n) is 4.47. The monoisotopic (exact) mass is 324 g/mol. The van der Waals surface area contributed by atoms with Crippen LogP contribution in [0, 0.1) is 0 Å². The van der Waals surface area contributed by atoms with E-state index in [9.17, 15) is 8.42 Å². The summed E-state index contributed by atoms with van der Waals surface area (Å²) >= 11 is 0. The van der Waals surface area contributed by atoms with Crippen molar-refractivity contribution in [3.63, 3.8) is 0 Å². The third kappa shape index (κ3) is 4.54. The van der Waals surface area contributed by atoms with Gasteiger partial charge >= 0.3 is 0 Å². The molecule has 5 heteroatoms. The van der Waals surface area contributed by atoms with E-state index in [-0.39, 0.29) is 0 Å². The van der Waals surface area contributed by atoms with Crippen LogP contribution in [0.5, 0.6) is 0 Å². The van der Waals surface area contributed by atoms with Crippen LogP contribution >= 0.6 is 0 Å². The number of nitrogens with one attached hydrogen (secondary N) is 1. The van der Waals surface area contributed by atoms with Gasteiger partial charge in [0.15, 0.2) is 0 Å². The highest BCUT2D eigenvalue weighted by Gasteiger charge is 2.17. The van der Waals surface area contributed by atoms with Crippen LogP contribution in [-0.2, 0) is 22.9 Å². The first kappa shape index (κ1) is 17.4. The Bertz CT molecular complexity index is 580. The van der Waals surface area contributed by atoms with Crippen molar-refractivity contribution < 1.29 is 8.42 Å². The topological polar surface area (TPSA) is 49.4 Å². The SMILES string of the molecule is CCN(CC)CCCNS(=O)(=O)c1ccc2c(c1)CCCC2. The molecular weight excluding hydrogens is 296 g/mol. The Balaban J connectivity index is 1.93. The van der Waals surface area contributed by atoms with Gasteiger partial charge in [0.2, 0.25) is 10.0 Å². The van der Waals surface area contributed by atoms with E-state index >= 15 is 0 Å². The van der Waals surface area contributed by atoms with E-state index in [1.165, 1.54) is 17.5 Å². The van der Waals surface area contributed by atoms with E-state index in [4.69, 9.17) is 0 Å². The molecule has 0 aliphatic heterocycles. The summed E-state index contributed by atoms with van der Waals surface area (Å²) in [5, 5.41) is 0. The van der Waals surface area contributed by atoms with Crippen LogP contribution in [0.25, 0.3) is 0 Å². The summed E-state index contributed by atoms with van der Waals surface area (Å²) in [6, 6.07) is 5.59. The minimum atomic E-state index is -3.37. The third-order valence-corrected chi connectivity index (χ3v) is 5.93. The zero-order chi connectivity index (χ0) is 16.0. The van der Waals surface area contributed by atoms with Gasteiger partial charge in [0.25, 0.3) is 0 Å². The van der Waals surface area contributed by atoms with E-state index in [1.54, 1.807) is 6.07 Å². The van der Waals surface area contributed by atoms with Gasteiger partial charge in [-0.2, -0.15) is 0 Å². The second-order valence-corrected chi connectivity index (χ2v) is 7.68. The Morgan fingerprint density at radius 1 is 1.09 bits per heavy atom. The van der Waals surface area contributed by atoms with Crippen LogP contribution in [0.1, 0.15) is 44.2 Å². The molecule has 1 aliphatic rings. The molecule has 0 unspecified atom stereocenters. The molecular formula is C17H28N2O2S. The molecule has 22 heavy (non-hydrogen) atoms. The van der Waals surface area contributed by atoms with Crippen molar-refractivity contribution in [1.29, 1.82) is 0 Å². The Labute approximate surface area is 135 Å². The van der Waals surface area contributed by atoms with E-state index in [0.717, 1.165) is 45.3 Å². The average Bonchev–Trinajstić information content (AvgIpc) is 2.54. The quantitative estimate of drug-likeness (QED) is 0.748. The second-order valence-electron chi connectivity index (χ2n) is 5.92. The number of aryl methyl sites for hydroxylation is 2.